The van der Waals surface area contributed by atoms with Crippen LogP contribution in [0.4, 0.5) is 5.69 Å². The highest BCUT2D eigenvalue weighted by Crippen LogP contribution is 2.27. The number of esters is 1. The second kappa shape index (κ2) is 7.84. The first kappa shape index (κ1) is 18.8. The standard InChI is InChI=1S/C19H15N5O4S/c1-2-28-16(25)11-29-19-20-15-9-4-3-8-14(15)18-21-17(22-23(18)19)12-6-5-7-13(10-12)24(26)27/h3-10H,2,11H2,1H3. The smallest absolute Gasteiger partial charge is 0.316 e. The largest absolute Gasteiger partial charge is 0.465 e. The SMILES string of the molecule is CCOC(=O)CSc1nc2ccccc2c2nc(-c3cccc([N+](=O)[O-])c3)nn12. The minimum atomic E-state index is -0.461. The molecule has 0 saturated carbocycles. The Kier molecular flexibility index (Phi) is 5.09. The first-order valence-electron chi connectivity index (χ1n) is 8.75. The highest BCUT2D eigenvalue weighted by molar-refractivity contribution is 7.99. The first-order chi connectivity index (χ1) is 14.1. The topological polar surface area (TPSA) is 113 Å². The number of carbonyl (C=O) groups is 1. The van der Waals surface area contributed by atoms with Gasteiger partial charge in [-0.3, -0.25) is 14.9 Å². The number of nitro benzene ring substituents is 1. The average molecular weight is 409 g/mol. The molecule has 0 radical (unpaired) electrons. The summed E-state index contributed by atoms with van der Waals surface area (Å²) in [5, 5.41) is 16.9. The van der Waals surface area contributed by atoms with Gasteiger partial charge in [-0.2, -0.15) is 4.52 Å². The molecule has 2 heterocycles. The average Bonchev–Trinajstić information content (AvgIpc) is 3.18. The zero-order valence-electron chi connectivity index (χ0n) is 15.3. The summed E-state index contributed by atoms with van der Waals surface area (Å²) in [6, 6.07) is 13.6. The summed E-state index contributed by atoms with van der Waals surface area (Å²) >= 11 is 1.20. The van der Waals surface area contributed by atoms with Crippen molar-refractivity contribution < 1.29 is 14.5 Å². The van der Waals surface area contributed by atoms with Crippen molar-refractivity contribution in [1.82, 2.24) is 19.6 Å². The van der Waals surface area contributed by atoms with E-state index >= 15 is 0 Å². The molecular weight excluding hydrogens is 394 g/mol. The maximum absolute atomic E-state index is 11.8. The van der Waals surface area contributed by atoms with Crippen LogP contribution in [0.3, 0.4) is 0 Å². The highest BCUT2D eigenvalue weighted by atomic mass is 32.2. The maximum Gasteiger partial charge on any atom is 0.316 e. The number of thioether (sulfide) groups is 1. The Bertz CT molecular complexity index is 1240. The third kappa shape index (κ3) is 3.74. The molecule has 0 aliphatic heterocycles. The number of carbonyl (C=O) groups excluding carboxylic acids is 1. The van der Waals surface area contributed by atoms with Crippen LogP contribution in [0.15, 0.2) is 53.7 Å². The number of fused-ring (bicyclic) bond motifs is 3. The van der Waals surface area contributed by atoms with Crippen LogP contribution >= 0.6 is 11.8 Å². The molecule has 10 heteroatoms. The molecule has 2 aromatic carbocycles. The lowest BCUT2D eigenvalue weighted by atomic mass is 10.2. The fraction of sp³-hybridized carbons (Fsp3) is 0.158. The molecule has 0 saturated heterocycles. The van der Waals surface area contributed by atoms with Crippen LogP contribution in [0.25, 0.3) is 27.9 Å². The summed E-state index contributed by atoms with van der Waals surface area (Å²) in [5.74, 6) is 0.0739. The number of benzene rings is 2. The van der Waals surface area contributed by atoms with Gasteiger partial charge in [0.05, 0.1) is 22.8 Å². The van der Waals surface area contributed by atoms with E-state index in [0.717, 1.165) is 5.39 Å². The lowest BCUT2D eigenvalue weighted by Gasteiger charge is -2.05. The normalized spacial score (nSPS) is 11.1. The zero-order valence-corrected chi connectivity index (χ0v) is 16.1. The molecule has 0 amide bonds. The lowest BCUT2D eigenvalue weighted by molar-refractivity contribution is -0.384. The molecule has 0 unspecified atom stereocenters. The molecular formula is C19H15N5O4S. The molecule has 4 aromatic rings. The second-order valence-electron chi connectivity index (χ2n) is 5.98. The van der Waals surface area contributed by atoms with Gasteiger partial charge in [-0.05, 0) is 19.1 Å². The van der Waals surface area contributed by atoms with Crippen molar-refractivity contribution in [2.75, 3.05) is 12.4 Å². The first-order valence-corrected chi connectivity index (χ1v) is 9.74. The van der Waals surface area contributed by atoms with Gasteiger partial charge < -0.3 is 4.74 Å². The van der Waals surface area contributed by atoms with E-state index in [9.17, 15) is 14.9 Å². The Hall–Kier alpha value is -3.53. The molecule has 0 atom stereocenters. The number of nitrogens with zero attached hydrogens (tertiary/aromatic N) is 5. The zero-order chi connectivity index (χ0) is 20.4. The van der Waals surface area contributed by atoms with E-state index < -0.39 is 4.92 Å². The van der Waals surface area contributed by atoms with Crippen molar-refractivity contribution >= 4 is 40.0 Å². The summed E-state index contributed by atoms with van der Waals surface area (Å²) in [6.45, 7) is 2.05. The van der Waals surface area contributed by atoms with E-state index in [0.29, 0.717) is 34.3 Å². The van der Waals surface area contributed by atoms with Gasteiger partial charge in [0.2, 0.25) is 0 Å². The molecule has 146 valence electrons. The minimum absolute atomic E-state index is 0.0405. The van der Waals surface area contributed by atoms with Gasteiger partial charge in [-0.1, -0.05) is 36.0 Å². The number of aromatic nitrogens is 4. The maximum atomic E-state index is 11.8. The summed E-state index contributed by atoms with van der Waals surface area (Å²) in [6.07, 6.45) is 0. The molecule has 0 spiro atoms. The van der Waals surface area contributed by atoms with Crippen LogP contribution in [0.5, 0.6) is 0 Å². The number of rotatable bonds is 6. The molecule has 0 aliphatic carbocycles. The van der Waals surface area contributed by atoms with Gasteiger partial charge in [0.25, 0.3) is 5.69 Å². The van der Waals surface area contributed by atoms with E-state index in [4.69, 9.17) is 4.74 Å². The van der Waals surface area contributed by atoms with E-state index in [1.807, 2.05) is 24.3 Å². The molecule has 0 aliphatic rings. The minimum Gasteiger partial charge on any atom is -0.465 e. The third-order valence-corrected chi connectivity index (χ3v) is 4.99. The molecule has 9 nitrogen and oxygen atoms in total. The molecule has 0 fully saturated rings. The van der Waals surface area contributed by atoms with Crippen molar-refractivity contribution in [2.24, 2.45) is 0 Å². The summed E-state index contributed by atoms with van der Waals surface area (Å²) in [7, 11) is 0. The van der Waals surface area contributed by atoms with Crippen LogP contribution in [0, 0.1) is 10.1 Å². The van der Waals surface area contributed by atoms with E-state index in [2.05, 4.69) is 15.1 Å². The summed E-state index contributed by atoms with van der Waals surface area (Å²) < 4.78 is 6.53. The number of nitro groups is 1. The number of ether oxygens (including phenoxy) is 1. The van der Waals surface area contributed by atoms with E-state index in [1.165, 1.54) is 23.9 Å². The van der Waals surface area contributed by atoms with Crippen molar-refractivity contribution in [1.29, 1.82) is 0 Å². The predicted molar refractivity (Wildman–Crippen MR) is 108 cm³/mol. The fourth-order valence-corrected chi connectivity index (χ4v) is 3.57. The van der Waals surface area contributed by atoms with Crippen LogP contribution in [-0.4, -0.2) is 42.8 Å². The molecule has 29 heavy (non-hydrogen) atoms. The van der Waals surface area contributed by atoms with E-state index in [1.54, 1.807) is 23.6 Å². The summed E-state index contributed by atoms with van der Waals surface area (Å²) in [4.78, 5) is 31.6. The quantitative estimate of drug-likeness (QED) is 0.156. The Morgan fingerprint density at radius 1 is 1.21 bits per heavy atom. The summed E-state index contributed by atoms with van der Waals surface area (Å²) in [5.41, 5.74) is 1.75. The monoisotopic (exact) mass is 409 g/mol. The van der Waals surface area contributed by atoms with Gasteiger partial charge in [0, 0.05) is 23.1 Å². The number of hydrogen-bond donors (Lipinski definition) is 0. The number of hydrogen-bond acceptors (Lipinski definition) is 8. The highest BCUT2D eigenvalue weighted by Gasteiger charge is 2.17. The van der Waals surface area contributed by atoms with Crippen LogP contribution < -0.4 is 0 Å². The Labute approximate surface area is 168 Å². The van der Waals surface area contributed by atoms with Crippen molar-refractivity contribution in [3.8, 4) is 11.4 Å². The van der Waals surface area contributed by atoms with Crippen molar-refractivity contribution in [3.63, 3.8) is 0 Å². The lowest BCUT2D eigenvalue weighted by Crippen LogP contribution is -2.08. The van der Waals surface area contributed by atoms with Gasteiger partial charge in [-0.15, -0.1) is 5.10 Å². The van der Waals surface area contributed by atoms with Crippen molar-refractivity contribution in [2.45, 2.75) is 12.1 Å². The van der Waals surface area contributed by atoms with Gasteiger partial charge in [0.1, 0.15) is 0 Å². The number of para-hydroxylation sites is 1. The van der Waals surface area contributed by atoms with Crippen LogP contribution in [0.2, 0.25) is 0 Å². The Balaban J connectivity index is 1.84. The third-order valence-electron chi connectivity index (χ3n) is 4.09. The van der Waals surface area contributed by atoms with Gasteiger partial charge in [-0.25, -0.2) is 9.97 Å². The van der Waals surface area contributed by atoms with Gasteiger partial charge in [0.15, 0.2) is 16.6 Å². The molecule has 2 aromatic heterocycles. The molecule has 0 bridgehead atoms. The van der Waals surface area contributed by atoms with Crippen molar-refractivity contribution in [3.05, 3.63) is 58.6 Å². The Morgan fingerprint density at radius 3 is 2.83 bits per heavy atom. The van der Waals surface area contributed by atoms with E-state index in [-0.39, 0.29) is 17.4 Å². The predicted octanol–water partition coefficient (Wildman–Crippen LogP) is 3.51. The molecule has 4 rings (SSSR count). The Morgan fingerprint density at radius 2 is 2.03 bits per heavy atom. The molecule has 0 N–H and O–H groups in total. The fourth-order valence-electron chi connectivity index (χ4n) is 2.83. The van der Waals surface area contributed by atoms with Crippen LogP contribution in [0.1, 0.15) is 6.92 Å². The number of non-ortho nitro benzene ring substituents is 1. The second-order valence-corrected chi connectivity index (χ2v) is 6.93. The van der Waals surface area contributed by atoms with Gasteiger partial charge >= 0.3 is 5.97 Å². The van der Waals surface area contributed by atoms with Crippen LogP contribution in [-0.2, 0) is 9.53 Å².